The normalized spacial score (nSPS) is 20.5. The van der Waals surface area contributed by atoms with Crippen LogP contribution in [0, 0.1) is 6.92 Å². The third-order valence-corrected chi connectivity index (χ3v) is 7.85. The van der Waals surface area contributed by atoms with Crippen LogP contribution in [0.1, 0.15) is 37.3 Å². The number of likely N-dealkylation sites (tertiary alicyclic amines) is 1. The van der Waals surface area contributed by atoms with E-state index in [0.717, 1.165) is 75.2 Å². The number of hydrogen-bond donors (Lipinski definition) is 1. The van der Waals surface area contributed by atoms with Gasteiger partial charge in [-0.15, -0.1) is 13.2 Å². The van der Waals surface area contributed by atoms with Crippen molar-refractivity contribution in [3.63, 3.8) is 0 Å². The summed E-state index contributed by atoms with van der Waals surface area (Å²) < 4.78 is 66.7. The van der Waals surface area contributed by atoms with Gasteiger partial charge in [0.15, 0.2) is 0 Å². The molecule has 8 nitrogen and oxygen atoms in total. The molecule has 210 valence electrons. The highest BCUT2D eigenvalue weighted by Gasteiger charge is 2.34. The predicted molar refractivity (Wildman–Crippen MR) is 142 cm³/mol. The minimum absolute atomic E-state index is 0.198. The van der Waals surface area contributed by atoms with Gasteiger partial charge < -0.3 is 9.64 Å². The number of rotatable bonds is 8. The molecule has 0 saturated carbocycles. The Bertz CT molecular complexity index is 1190. The van der Waals surface area contributed by atoms with Crippen LogP contribution in [-0.2, 0) is 16.6 Å². The molecule has 1 N–H and O–H groups in total. The molecule has 0 radical (unpaired) electrons. The van der Waals surface area contributed by atoms with Crippen molar-refractivity contribution in [2.24, 2.45) is 0 Å². The Morgan fingerprint density at radius 2 is 1.79 bits per heavy atom. The molecule has 2 fully saturated rings. The van der Waals surface area contributed by atoms with Crippen LogP contribution < -0.4 is 14.4 Å². The maximum absolute atomic E-state index is 12.4. The number of aryl methyl sites for hydroxylation is 1. The SMILES string of the molecule is CCC1CN(c2ncc(NS(C)(=O)=O)cc2C)CCN1C1CCN(Cc2ccc(OC(F)(F)F)cc2)CC1. The van der Waals surface area contributed by atoms with E-state index in [9.17, 15) is 21.6 Å². The Hall–Kier alpha value is -2.57. The van der Waals surface area contributed by atoms with Crippen molar-refractivity contribution in [2.75, 3.05) is 48.6 Å². The summed E-state index contributed by atoms with van der Waals surface area (Å²) in [5.41, 5.74) is 2.38. The second-order valence-corrected chi connectivity index (χ2v) is 11.9. The summed E-state index contributed by atoms with van der Waals surface area (Å²) in [6.45, 7) is 9.42. The minimum atomic E-state index is -4.68. The number of aromatic nitrogens is 1. The molecule has 1 unspecified atom stereocenters. The standard InChI is InChI=1S/C26H36F3N5O3S/c1-4-22-18-33(25-19(2)15-21(16-30-25)31-38(3,35)36)13-14-34(22)23-9-11-32(12-10-23)17-20-5-7-24(8-6-20)37-26(27,28)29/h5-8,15-16,22-23,31H,4,9-14,17-18H2,1-3H3. The van der Waals surface area contributed by atoms with Crippen molar-refractivity contribution in [1.29, 1.82) is 0 Å². The van der Waals surface area contributed by atoms with Gasteiger partial charge in [0.1, 0.15) is 11.6 Å². The van der Waals surface area contributed by atoms with E-state index in [1.54, 1.807) is 18.3 Å². The van der Waals surface area contributed by atoms with Crippen molar-refractivity contribution in [3.05, 3.63) is 47.7 Å². The molecule has 0 amide bonds. The van der Waals surface area contributed by atoms with Crippen LogP contribution in [0.15, 0.2) is 36.5 Å². The number of anilines is 2. The molecular formula is C26H36F3N5O3S. The number of nitrogens with one attached hydrogen (secondary N) is 1. The molecular weight excluding hydrogens is 519 g/mol. The predicted octanol–water partition coefficient (Wildman–Crippen LogP) is 4.23. The molecule has 2 aromatic rings. The van der Waals surface area contributed by atoms with Crippen molar-refractivity contribution >= 4 is 21.5 Å². The van der Waals surface area contributed by atoms with Crippen molar-refractivity contribution in [3.8, 4) is 5.75 Å². The van der Waals surface area contributed by atoms with Crippen LogP contribution >= 0.6 is 0 Å². The van der Waals surface area contributed by atoms with Crippen molar-refractivity contribution < 1.29 is 26.3 Å². The number of benzene rings is 1. The fourth-order valence-corrected chi connectivity index (χ4v) is 6.08. The number of alkyl halides is 3. The quantitative estimate of drug-likeness (QED) is 0.523. The number of pyridine rings is 1. The van der Waals surface area contributed by atoms with E-state index < -0.39 is 16.4 Å². The molecule has 2 saturated heterocycles. The number of piperidine rings is 1. The maximum Gasteiger partial charge on any atom is 0.573 e. The van der Waals surface area contributed by atoms with Crippen LogP contribution in [0.4, 0.5) is 24.7 Å². The van der Waals surface area contributed by atoms with Gasteiger partial charge in [-0.1, -0.05) is 19.1 Å². The van der Waals surface area contributed by atoms with E-state index in [0.29, 0.717) is 24.3 Å². The van der Waals surface area contributed by atoms with Gasteiger partial charge >= 0.3 is 6.36 Å². The summed E-state index contributed by atoms with van der Waals surface area (Å²) >= 11 is 0. The molecule has 1 aromatic carbocycles. The van der Waals surface area contributed by atoms with Gasteiger partial charge in [0.25, 0.3) is 0 Å². The van der Waals surface area contributed by atoms with Crippen LogP contribution in [0.5, 0.6) is 5.75 Å². The number of piperazine rings is 1. The maximum atomic E-state index is 12.4. The van der Waals surface area contributed by atoms with Crippen LogP contribution in [0.3, 0.4) is 0 Å². The van der Waals surface area contributed by atoms with Crippen LogP contribution in [-0.4, -0.2) is 80.6 Å². The summed E-state index contributed by atoms with van der Waals surface area (Å²) in [5.74, 6) is 0.695. The number of nitrogens with zero attached hydrogens (tertiary/aromatic N) is 4. The first kappa shape index (κ1) is 28.4. The lowest BCUT2D eigenvalue weighted by atomic mass is 9.97. The summed E-state index contributed by atoms with van der Waals surface area (Å²) in [6.07, 6.45) is 1.14. The zero-order valence-corrected chi connectivity index (χ0v) is 22.9. The average Bonchev–Trinajstić information content (AvgIpc) is 2.84. The molecule has 2 aliphatic rings. The summed E-state index contributed by atoms with van der Waals surface area (Å²) in [7, 11) is -3.35. The van der Waals surface area contributed by atoms with Gasteiger partial charge in [-0.25, -0.2) is 13.4 Å². The molecule has 1 aromatic heterocycles. The van der Waals surface area contributed by atoms with Gasteiger partial charge in [-0.2, -0.15) is 0 Å². The third kappa shape index (κ3) is 7.73. The fourth-order valence-electron chi connectivity index (χ4n) is 5.54. The number of halogens is 3. The lowest BCUT2D eigenvalue weighted by molar-refractivity contribution is -0.274. The molecule has 12 heteroatoms. The Morgan fingerprint density at radius 1 is 1.11 bits per heavy atom. The number of sulfonamides is 1. The number of hydrogen-bond acceptors (Lipinski definition) is 7. The van der Waals surface area contributed by atoms with Gasteiger partial charge in [0, 0.05) is 38.3 Å². The first-order valence-corrected chi connectivity index (χ1v) is 14.8. The van der Waals surface area contributed by atoms with Crippen LogP contribution in [0.25, 0.3) is 0 Å². The molecule has 0 aliphatic carbocycles. The smallest absolute Gasteiger partial charge is 0.406 e. The zero-order chi connectivity index (χ0) is 27.5. The monoisotopic (exact) mass is 555 g/mol. The largest absolute Gasteiger partial charge is 0.573 e. The molecule has 38 heavy (non-hydrogen) atoms. The Kier molecular flexibility index (Phi) is 8.73. The van der Waals surface area contributed by atoms with Gasteiger partial charge in [-0.05, 0) is 68.6 Å². The highest BCUT2D eigenvalue weighted by molar-refractivity contribution is 7.92. The molecule has 1 atom stereocenters. The lowest BCUT2D eigenvalue weighted by Gasteiger charge is -2.48. The van der Waals surface area contributed by atoms with E-state index in [1.807, 2.05) is 13.0 Å². The highest BCUT2D eigenvalue weighted by atomic mass is 32.2. The van der Waals surface area contributed by atoms with E-state index in [2.05, 4.69) is 36.1 Å². The fraction of sp³-hybridized carbons (Fsp3) is 0.577. The topological polar surface area (TPSA) is 78.0 Å². The zero-order valence-electron chi connectivity index (χ0n) is 22.0. The molecule has 0 bridgehead atoms. The molecule has 3 heterocycles. The summed E-state index contributed by atoms with van der Waals surface area (Å²) in [4.78, 5) is 11.9. The second-order valence-electron chi connectivity index (χ2n) is 10.2. The van der Waals surface area contributed by atoms with Crippen LogP contribution in [0.2, 0.25) is 0 Å². The van der Waals surface area contributed by atoms with Gasteiger partial charge in [0.05, 0.1) is 18.1 Å². The van der Waals surface area contributed by atoms with Gasteiger partial charge in [-0.3, -0.25) is 14.5 Å². The highest BCUT2D eigenvalue weighted by Crippen LogP contribution is 2.29. The molecule has 4 rings (SSSR count). The molecule has 2 aliphatic heterocycles. The number of ether oxygens (including phenoxy) is 1. The Balaban J connectivity index is 1.30. The first-order valence-electron chi connectivity index (χ1n) is 12.9. The minimum Gasteiger partial charge on any atom is -0.406 e. The summed E-state index contributed by atoms with van der Waals surface area (Å²) in [5, 5.41) is 0. The lowest BCUT2D eigenvalue weighted by Crippen LogP contribution is -2.58. The van der Waals surface area contributed by atoms with Gasteiger partial charge in [0.2, 0.25) is 10.0 Å². The van der Waals surface area contributed by atoms with Crippen molar-refractivity contribution in [1.82, 2.24) is 14.8 Å². The van der Waals surface area contributed by atoms with E-state index in [4.69, 9.17) is 0 Å². The van der Waals surface area contributed by atoms with E-state index in [1.165, 1.54) is 12.1 Å². The Morgan fingerprint density at radius 3 is 2.37 bits per heavy atom. The molecule has 0 spiro atoms. The third-order valence-electron chi connectivity index (χ3n) is 7.24. The second kappa shape index (κ2) is 11.7. The van der Waals surface area contributed by atoms with E-state index in [-0.39, 0.29) is 5.75 Å². The summed E-state index contributed by atoms with van der Waals surface area (Å²) in [6, 6.07) is 8.84. The average molecular weight is 556 g/mol. The Labute approximate surface area is 222 Å². The van der Waals surface area contributed by atoms with E-state index >= 15 is 0 Å². The van der Waals surface area contributed by atoms with Crippen molar-refractivity contribution in [2.45, 2.75) is 58.1 Å². The first-order chi connectivity index (χ1) is 17.9.